The number of nitrogens with one attached hydrogen (secondary N) is 1. The molecule has 0 saturated carbocycles. The van der Waals surface area contributed by atoms with Crippen LogP contribution in [-0.4, -0.2) is 42.3 Å². The topological polar surface area (TPSA) is 95.9 Å². The predicted molar refractivity (Wildman–Crippen MR) is 131 cm³/mol. The Kier molecular flexibility index (Phi) is 6.23. The van der Waals surface area contributed by atoms with E-state index in [1.807, 2.05) is 36.4 Å². The minimum atomic E-state index is -1.02. The van der Waals surface area contributed by atoms with Gasteiger partial charge < -0.3 is 15.2 Å². The Morgan fingerprint density at radius 3 is 2.23 bits per heavy atom. The standard InChI is InChI=1S/C28H26N2O5/c31-26(30-24-13-6-1-8-18(24)16-25(30)27(32)33)14-7-15-29-28(34)35-17-23-21-11-4-2-9-19(21)20-10-3-5-12-22(20)23/h1-6,8-13,23,25H,7,14-17H2,(H,29,34)(H,32,33). The van der Waals surface area contributed by atoms with Crippen LogP contribution in [0, 0.1) is 0 Å². The first-order valence-corrected chi connectivity index (χ1v) is 11.8. The molecule has 3 aromatic carbocycles. The van der Waals surface area contributed by atoms with Crippen LogP contribution in [0.2, 0.25) is 0 Å². The van der Waals surface area contributed by atoms with Crippen molar-refractivity contribution in [2.24, 2.45) is 0 Å². The number of aliphatic carboxylic acids is 1. The third-order valence-corrected chi connectivity index (χ3v) is 6.71. The zero-order valence-corrected chi connectivity index (χ0v) is 19.1. The third-order valence-electron chi connectivity index (χ3n) is 6.71. The van der Waals surface area contributed by atoms with E-state index in [-0.39, 0.29) is 31.4 Å². The molecule has 7 nitrogen and oxygen atoms in total. The number of nitrogens with zero attached hydrogens (tertiary/aromatic N) is 1. The highest BCUT2D eigenvalue weighted by atomic mass is 16.5. The molecule has 0 radical (unpaired) electrons. The normalized spacial score (nSPS) is 15.8. The monoisotopic (exact) mass is 470 g/mol. The number of carbonyl (C=O) groups excluding carboxylic acids is 2. The lowest BCUT2D eigenvalue weighted by atomic mass is 9.98. The number of carbonyl (C=O) groups is 3. The van der Waals surface area contributed by atoms with Crippen LogP contribution in [-0.2, 0) is 20.7 Å². The van der Waals surface area contributed by atoms with Crippen LogP contribution >= 0.6 is 0 Å². The highest BCUT2D eigenvalue weighted by Gasteiger charge is 2.37. The second-order valence-corrected chi connectivity index (χ2v) is 8.81. The van der Waals surface area contributed by atoms with Crippen LogP contribution < -0.4 is 10.2 Å². The molecule has 0 bridgehead atoms. The van der Waals surface area contributed by atoms with Crippen molar-refractivity contribution < 1.29 is 24.2 Å². The number of benzene rings is 3. The number of carboxylic acid groups (broad SMARTS) is 1. The van der Waals surface area contributed by atoms with Gasteiger partial charge in [0.15, 0.2) is 0 Å². The first-order valence-electron chi connectivity index (χ1n) is 11.8. The highest BCUT2D eigenvalue weighted by Crippen LogP contribution is 2.44. The Bertz CT molecular complexity index is 1240. The van der Waals surface area contributed by atoms with E-state index in [9.17, 15) is 19.5 Å². The molecule has 2 aliphatic rings. The predicted octanol–water partition coefficient (Wildman–Crippen LogP) is 4.35. The van der Waals surface area contributed by atoms with Gasteiger partial charge in [0.05, 0.1) is 0 Å². The Morgan fingerprint density at radius 1 is 0.914 bits per heavy atom. The van der Waals surface area contributed by atoms with Gasteiger partial charge in [0.2, 0.25) is 5.91 Å². The van der Waals surface area contributed by atoms with Crippen LogP contribution in [0.1, 0.15) is 35.4 Å². The van der Waals surface area contributed by atoms with Gasteiger partial charge >= 0.3 is 12.1 Å². The lowest BCUT2D eigenvalue weighted by Crippen LogP contribution is -2.43. The molecule has 3 aromatic rings. The lowest BCUT2D eigenvalue weighted by Gasteiger charge is -2.22. The molecule has 35 heavy (non-hydrogen) atoms. The summed E-state index contributed by atoms with van der Waals surface area (Å²) in [7, 11) is 0. The van der Waals surface area contributed by atoms with E-state index in [1.54, 1.807) is 12.1 Å². The van der Waals surface area contributed by atoms with Crippen LogP contribution in [0.3, 0.4) is 0 Å². The van der Waals surface area contributed by atoms with Gasteiger partial charge in [-0.3, -0.25) is 9.69 Å². The second-order valence-electron chi connectivity index (χ2n) is 8.81. The van der Waals surface area contributed by atoms with Crippen molar-refractivity contribution in [3.05, 3.63) is 89.5 Å². The molecule has 2 amide bonds. The van der Waals surface area contributed by atoms with Crippen molar-refractivity contribution in [3.63, 3.8) is 0 Å². The molecule has 0 spiro atoms. The SMILES string of the molecule is O=C(NCCCC(=O)N1c2ccccc2CC1C(=O)O)OCC1c2ccccc2-c2ccccc21. The van der Waals surface area contributed by atoms with Gasteiger partial charge in [-0.15, -0.1) is 0 Å². The number of fused-ring (bicyclic) bond motifs is 4. The van der Waals surface area contributed by atoms with Crippen molar-refractivity contribution >= 4 is 23.7 Å². The number of anilines is 1. The number of ether oxygens (including phenoxy) is 1. The molecule has 2 N–H and O–H groups in total. The van der Waals surface area contributed by atoms with E-state index >= 15 is 0 Å². The summed E-state index contributed by atoms with van der Waals surface area (Å²) >= 11 is 0. The molecule has 1 aliphatic carbocycles. The average molecular weight is 471 g/mol. The molecule has 0 fully saturated rings. The summed E-state index contributed by atoms with van der Waals surface area (Å²) in [6, 6.07) is 22.6. The second kappa shape index (κ2) is 9.62. The van der Waals surface area contributed by atoms with E-state index in [4.69, 9.17) is 4.74 Å². The number of rotatable bonds is 7. The maximum atomic E-state index is 12.8. The quantitative estimate of drug-likeness (QED) is 0.501. The van der Waals surface area contributed by atoms with Crippen LogP contribution in [0.15, 0.2) is 72.8 Å². The van der Waals surface area contributed by atoms with E-state index in [0.717, 1.165) is 16.7 Å². The van der Waals surface area contributed by atoms with E-state index in [1.165, 1.54) is 16.0 Å². The van der Waals surface area contributed by atoms with Crippen molar-refractivity contribution in [1.82, 2.24) is 5.32 Å². The van der Waals surface area contributed by atoms with E-state index < -0.39 is 18.1 Å². The third kappa shape index (κ3) is 4.37. The highest BCUT2D eigenvalue weighted by molar-refractivity contribution is 6.01. The average Bonchev–Trinajstić information content (AvgIpc) is 3.42. The summed E-state index contributed by atoms with van der Waals surface area (Å²) in [5.74, 6) is -1.30. The first-order chi connectivity index (χ1) is 17.0. The zero-order valence-electron chi connectivity index (χ0n) is 19.1. The van der Waals surface area contributed by atoms with Gasteiger partial charge in [-0.1, -0.05) is 66.7 Å². The number of hydrogen-bond donors (Lipinski definition) is 2. The number of hydrogen-bond acceptors (Lipinski definition) is 4. The van der Waals surface area contributed by atoms with Crippen molar-refractivity contribution in [2.75, 3.05) is 18.1 Å². The van der Waals surface area contributed by atoms with Crippen molar-refractivity contribution in [3.8, 4) is 11.1 Å². The summed E-state index contributed by atoms with van der Waals surface area (Å²) in [6.45, 7) is 0.485. The number of alkyl carbamates (subject to hydrolysis) is 1. The van der Waals surface area contributed by atoms with E-state index in [0.29, 0.717) is 18.5 Å². The largest absolute Gasteiger partial charge is 0.480 e. The minimum absolute atomic E-state index is 0.0158. The van der Waals surface area contributed by atoms with Gasteiger partial charge in [0, 0.05) is 31.0 Å². The smallest absolute Gasteiger partial charge is 0.407 e. The van der Waals surface area contributed by atoms with Crippen molar-refractivity contribution in [2.45, 2.75) is 31.2 Å². The fourth-order valence-corrected chi connectivity index (χ4v) is 5.09. The summed E-state index contributed by atoms with van der Waals surface area (Å²) in [5.41, 5.74) is 6.12. The first kappa shape index (κ1) is 22.7. The van der Waals surface area contributed by atoms with E-state index in [2.05, 4.69) is 29.6 Å². The zero-order chi connectivity index (χ0) is 24.4. The Balaban J connectivity index is 1.12. The maximum absolute atomic E-state index is 12.8. The molecule has 1 aliphatic heterocycles. The van der Waals surface area contributed by atoms with Crippen molar-refractivity contribution in [1.29, 1.82) is 0 Å². The molecule has 1 heterocycles. The number of para-hydroxylation sites is 1. The molecule has 7 heteroatoms. The molecule has 1 atom stereocenters. The molecular formula is C28H26N2O5. The molecule has 5 rings (SSSR count). The summed E-state index contributed by atoms with van der Waals surface area (Å²) < 4.78 is 5.52. The summed E-state index contributed by atoms with van der Waals surface area (Å²) in [4.78, 5) is 38.2. The number of amides is 2. The summed E-state index contributed by atoms with van der Waals surface area (Å²) in [6.07, 6.45) is 0.277. The van der Waals surface area contributed by atoms with Gasteiger partial charge in [0.25, 0.3) is 0 Å². The molecule has 0 aromatic heterocycles. The lowest BCUT2D eigenvalue weighted by molar-refractivity contribution is -0.139. The summed E-state index contributed by atoms with van der Waals surface area (Å²) in [5, 5.41) is 12.3. The van der Waals surface area contributed by atoms with Crippen LogP contribution in [0.25, 0.3) is 11.1 Å². The van der Waals surface area contributed by atoms with Gasteiger partial charge in [-0.05, 0) is 40.3 Å². The molecule has 178 valence electrons. The van der Waals surface area contributed by atoms with Gasteiger partial charge in [-0.25, -0.2) is 9.59 Å². The van der Waals surface area contributed by atoms with Gasteiger partial charge in [-0.2, -0.15) is 0 Å². The molecular weight excluding hydrogens is 444 g/mol. The van der Waals surface area contributed by atoms with Crippen LogP contribution in [0.4, 0.5) is 10.5 Å². The van der Waals surface area contributed by atoms with Gasteiger partial charge in [0.1, 0.15) is 12.6 Å². The Hall–Kier alpha value is -4.13. The molecule has 1 unspecified atom stereocenters. The number of carboxylic acids is 1. The minimum Gasteiger partial charge on any atom is -0.480 e. The Labute approximate surface area is 203 Å². The van der Waals surface area contributed by atoms with Crippen LogP contribution in [0.5, 0.6) is 0 Å². The fraction of sp³-hybridized carbons (Fsp3) is 0.250. The molecule has 0 saturated heterocycles. The fourth-order valence-electron chi connectivity index (χ4n) is 5.09. The Morgan fingerprint density at radius 2 is 1.54 bits per heavy atom. The maximum Gasteiger partial charge on any atom is 0.407 e.